The first-order chi connectivity index (χ1) is 11.7. The van der Waals surface area contributed by atoms with Gasteiger partial charge < -0.3 is 15.2 Å². The van der Waals surface area contributed by atoms with Crippen molar-refractivity contribution in [2.24, 2.45) is 0 Å². The fourth-order valence-corrected chi connectivity index (χ4v) is 2.89. The molecule has 2 aromatic carbocycles. The predicted octanol–water partition coefficient (Wildman–Crippen LogP) is 2.95. The van der Waals surface area contributed by atoms with Gasteiger partial charge in [-0.25, -0.2) is 0 Å². The summed E-state index contributed by atoms with van der Waals surface area (Å²) in [4.78, 5) is 12.0. The van der Waals surface area contributed by atoms with Gasteiger partial charge in [0.15, 0.2) is 6.61 Å². The van der Waals surface area contributed by atoms with Gasteiger partial charge in [0.1, 0.15) is 5.75 Å². The maximum absolute atomic E-state index is 12.0. The Kier molecular flexibility index (Phi) is 4.78. The number of nitrogens with zero attached hydrogens (tertiary/aromatic N) is 1. The topological polar surface area (TPSA) is 82.4 Å². The summed E-state index contributed by atoms with van der Waals surface area (Å²) in [5.74, 6) is 0.384. The smallest absolute Gasteiger partial charge is 0.262 e. The van der Waals surface area contributed by atoms with Crippen molar-refractivity contribution in [3.63, 3.8) is 0 Å². The monoisotopic (exact) mass is 322 g/mol. The highest BCUT2D eigenvalue weighted by Gasteiger charge is 2.21. The lowest BCUT2D eigenvalue weighted by Gasteiger charge is -2.23. The van der Waals surface area contributed by atoms with Gasteiger partial charge in [0.25, 0.3) is 5.91 Å². The first kappa shape index (κ1) is 16.0. The first-order valence-electron chi connectivity index (χ1n) is 7.90. The van der Waals surface area contributed by atoms with E-state index in [0.717, 1.165) is 30.4 Å². The van der Waals surface area contributed by atoms with E-state index in [2.05, 4.69) is 5.32 Å². The lowest BCUT2D eigenvalue weighted by Crippen LogP contribution is -2.21. The van der Waals surface area contributed by atoms with Crippen molar-refractivity contribution in [2.75, 3.05) is 11.9 Å². The third kappa shape index (κ3) is 3.55. The van der Waals surface area contributed by atoms with E-state index in [1.54, 1.807) is 24.3 Å². The number of carbonyl (C=O) groups is 1. The Hall–Kier alpha value is -2.84. The second-order valence-corrected chi connectivity index (χ2v) is 5.76. The van der Waals surface area contributed by atoms with Gasteiger partial charge in [0.05, 0.1) is 17.7 Å². The minimum absolute atomic E-state index is 0.105. The summed E-state index contributed by atoms with van der Waals surface area (Å²) >= 11 is 0. The van der Waals surface area contributed by atoms with E-state index in [1.807, 2.05) is 24.3 Å². The molecule has 5 heteroatoms. The molecule has 5 nitrogen and oxygen atoms in total. The van der Waals surface area contributed by atoms with E-state index < -0.39 is 6.10 Å². The molecule has 0 fully saturated rings. The van der Waals surface area contributed by atoms with Gasteiger partial charge in [-0.3, -0.25) is 4.79 Å². The number of carbonyl (C=O) groups excluding carboxylic acids is 1. The van der Waals surface area contributed by atoms with Gasteiger partial charge >= 0.3 is 0 Å². The largest absolute Gasteiger partial charge is 0.483 e. The van der Waals surface area contributed by atoms with Crippen LogP contribution in [-0.4, -0.2) is 17.6 Å². The highest BCUT2D eigenvalue weighted by molar-refractivity contribution is 5.91. The molecule has 0 saturated heterocycles. The SMILES string of the molecule is N#Cc1ccc(NC(=O)COc2cccc3c2CCC[C@H]3O)cc1. The minimum atomic E-state index is -0.454. The number of benzene rings is 2. The number of anilines is 1. The van der Waals surface area contributed by atoms with Crippen molar-refractivity contribution in [3.05, 3.63) is 59.2 Å². The number of hydrogen-bond acceptors (Lipinski definition) is 4. The zero-order valence-corrected chi connectivity index (χ0v) is 13.2. The molecule has 2 aromatic rings. The van der Waals surface area contributed by atoms with Crippen LogP contribution >= 0.6 is 0 Å². The molecular formula is C19H18N2O3. The molecule has 1 amide bonds. The number of fused-ring (bicyclic) bond motifs is 1. The average Bonchev–Trinajstić information content (AvgIpc) is 2.61. The number of ether oxygens (including phenoxy) is 1. The van der Waals surface area contributed by atoms with Crippen LogP contribution in [-0.2, 0) is 11.2 Å². The number of aliphatic hydroxyl groups excluding tert-OH is 1. The Balaban J connectivity index is 1.62. The minimum Gasteiger partial charge on any atom is -0.483 e. The molecular weight excluding hydrogens is 304 g/mol. The van der Waals surface area contributed by atoms with Crippen LogP contribution in [0.2, 0.25) is 0 Å². The molecule has 24 heavy (non-hydrogen) atoms. The predicted molar refractivity (Wildman–Crippen MR) is 89.6 cm³/mol. The Bertz CT molecular complexity index is 778. The van der Waals surface area contributed by atoms with Crippen molar-refractivity contribution in [2.45, 2.75) is 25.4 Å². The third-order valence-electron chi connectivity index (χ3n) is 4.09. The normalized spacial score (nSPS) is 15.9. The zero-order chi connectivity index (χ0) is 16.9. The second kappa shape index (κ2) is 7.16. The third-order valence-corrected chi connectivity index (χ3v) is 4.09. The molecule has 1 aliphatic rings. The van der Waals surface area contributed by atoms with Crippen LogP contribution in [0.1, 0.15) is 35.6 Å². The summed E-state index contributed by atoms with van der Waals surface area (Å²) in [5.41, 5.74) is 3.04. The molecule has 0 aromatic heterocycles. The lowest BCUT2D eigenvalue weighted by atomic mass is 9.89. The van der Waals surface area contributed by atoms with E-state index in [-0.39, 0.29) is 12.5 Å². The number of nitriles is 1. The van der Waals surface area contributed by atoms with Crippen LogP contribution in [0.3, 0.4) is 0 Å². The van der Waals surface area contributed by atoms with Crippen molar-refractivity contribution in [3.8, 4) is 11.8 Å². The lowest BCUT2D eigenvalue weighted by molar-refractivity contribution is -0.118. The highest BCUT2D eigenvalue weighted by Crippen LogP contribution is 2.35. The number of amides is 1. The number of nitrogens with one attached hydrogen (secondary N) is 1. The summed E-state index contributed by atoms with van der Waals surface area (Å²) in [7, 11) is 0. The standard InChI is InChI=1S/C19H18N2O3/c20-11-13-7-9-14(10-8-13)21-19(23)12-24-18-6-2-3-15-16(18)4-1-5-17(15)22/h2-3,6-10,17,22H,1,4-5,12H2,(H,21,23)/t17-/m1/s1. The Morgan fingerprint density at radius 3 is 2.83 bits per heavy atom. The maximum atomic E-state index is 12.0. The summed E-state index contributed by atoms with van der Waals surface area (Å²) in [5, 5.41) is 21.5. The van der Waals surface area contributed by atoms with Crippen LogP contribution in [0.5, 0.6) is 5.75 Å². The molecule has 0 spiro atoms. The van der Waals surface area contributed by atoms with E-state index in [0.29, 0.717) is 17.0 Å². The van der Waals surface area contributed by atoms with Crippen molar-refractivity contribution >= 4 is 11.6 Å². The van der Waals surface area contributed by atoms with E-state index >= 15 is 0 Å². The van der Waals surface area contributed by atoms with Crippen LogP contribution < -0.4 is 10.1 Å². The highest BCUT2D eigenvalue weighted by atomic mass is 16.5. The summed E-state index contributed by atoms with van der Waals surface area (Å²) < 4.78 is 5.66. The van der Waals surface area contributed by atoms with Gasteiger partial charge in [-0.2, -0.15) is 5.26 Å². The molecule has 1 atom stereocenters. The van der Waals surface area contributed by atoms with Crippen molar-refractivity contribution in [1.29, 1.82) is 5.26 Å². The molecule has 0 unspecified atom stereocenters. The summed E-state index contributed by atoms with van der Waals surface area (Å²) in [6, 6.07) is 14.2. The van der Waals surface area contributed by atoms with Gasteiger partial charge in [-0.1, -0.05) is 12.1 Å². The fourth-order valence-electron chi connectivity index (χ4n) is 2.89. The van der Waals surface area contributed by atoms with Gasteiger partial charge in [-0.15, -0.1) is 0 Å². The molecule has 0 bridgehead atoms. The van der Waals surface area contributed by atoms with Gasteiger partial charge in [0, 0.05) is 5.69 Å². The molecule has 122 valence electrons. The number of rotatable bonds is 4. The molecule has 0 radical (unpaired) electrons. The second-order valence-electron chi connectivity index (χ2n) is 5.76. The molecule has 3 rings (SSSR count). The maximum Gasteiger partial charge on any atom is 0.262 e. The quantitative estimate of drug-likeness (QED) is 0.906. The van der Waals surface area contributed by atoms with E-state index in [9.17, 15) is 9.90 Å². The van der Waals surface area contributed by atoms with Gasteiger partial charge in [0.2, 0.25) is 0 Å². The van der Waals surface area contributed by atoms with Crippen LogP contribution in [0.4, 0.5) is 5.69 Å². The van der Waals surface area contributed by atoms with Crippen molar-refractivity contribution in [1.82, 2.24) is 0 Å². The average molecular weight is 322 g/mol. The summed E-state index contributed by atoms with van der Waals surface area (Å²) in [6.07, 6.45) is 2.06. The molecule has 0 heterocycles. The Morgan fingerprint density at radius 2 is 2.08 bits per heavy atom. The molecule has 1 aliphatic carbocycles. The number of hydrogen-bond donors (Lipinski definition) is 2. The molecule has 2 N–H and O–H groups in total. The molecule has 0 saturated carbocycles. The van der Waals surface area contributed by atoms with Gasteiger partial charge in [-0.05, 0) is 60.7 Å². The number of aliphatic hydroxyl groups is 1. The first-order valence-corrected chi connectivity index (χ1v) is 7.90. The fraction of sp³-hybridized carbons (Fsp3) is 0.263. The Morgan fingerprint density at radius 1 is 1.29 bits per heavy atom. The summed E-state index contributed by atoms with van der Waals surface area (Å²) in [6.45, 7) is -0.105. The van der Waals surface area contributed by atoms with Crippen LogP contribution in [0.25, 0.3) is 0 Å². The van der Waals surface area contributed by atoms with E-state index in [1.165, 1.54) is 0 Å². The zero-order valence-electron chi connectivity index (χ0n) is 13.2. The molecule has 0 aliphatic heterocycles. The van der Waals surface area contributed by atoms with Crippen LogP contribution in [0, 0.1) is 11.3 Å². The van der Waals surface area contributed by atoms with Crippen molar-refractivity contribution < 1.29 is 14.6 Å². The van der Waals surface area contributed by atoms with Crippen LogP contribution in [0.15, 0.2) is 42.5 Å². The Labute approximate surface area is 140 Å². The van der Waals surface area contributed by atoms with E-state index in [4.69, 9.17) is 10.00 Å².